The Morgan fingerprint density at radius 2 is 1.77 bits per heavy atom. The van der Waals surface area contributed by atoms with Crippen LogP contribution >= 0.6 is 0 Å². The van der Waals surface area contributed by atoms with E-state index in [2.05, 4.69) is 34.9 Å². The van der Waals surface area contributed by atoms with Crippen molar-refractivity contribution in [3.05, 3.63) is 41.3 Å². The number of hydrogen-bond acceptors (Lipinski definition) is 7. The minimum Gasteiger partial charge on any atom is -0.378 e. The van der Waals surface area contributed by atoms with E-state index in [4.69, 9.17) is 24.5 Å². The zero-order valence-corrected chi connectivity index (χ0v) is 20.7. The first-order valence-electron chi connectivity index (χ1n) is 13.1. The number of aryl methyl sites for hydroxylation is 2. The third kappa shape index (κ3) is 3.82. The highest BCUT2D eigenvalue weighted by molar-refractivity contribution is 5.82. The van der Waals surface area contributed by atoms with Crippen molar-refractivity contribution < 1.29 is 9.47 Å². The van der Waals surface area contributed by atoms with Gasteiger partial charge in [-0.1, -0.05) is 0 Å². The van der Waals surface area contributed by atoms with Crippen LogP contribution in [0, 0.1) is 19.8 Å². The molecular formula is C27H34N6O2. The maximum absolute atomic E-state index is 5.92. The predicted molar refractivity (Wildman–Crippen MR) is 134 cm³/mol. The van der Waals surface area contributed by atoms with E-state index in [-0.39, 0.29) is 0 Å². The molecule has 0 radical (unpaired) electrons. The predicted octanol–water partition coefficient (Wildman–Crippen LogP) is 3.24. The first-order chi connectivity index (χ1) is 17.1. The van der Waals surface area contributed by atoms with Gasteiger partial charge in [-0.3, -0.25) is 4.90 Å². The highest BCUT2D eigenvalue weighted by Gasteiger charge is 2.38. The zero-order valence-electron chi connectivity index (χ0n) is 20.7. The summed E-state index contributed by atoms with van der Waals surface area (Å²) in [6.45, 7) is 11.2. The third-order valence-corrected chi connectivity index (χ3v) is 8.62. The third-order valence-electron chi connectivity index (χ3n) is 8.62. The van der Waals surface area contributed by atoms with E-state index in [1.807, 2.05) is 17.8 Å². The summed E-state index contributed by atoms with van der Waals surface area (Å²) in [7, 11) is 0. The van der Waals surface area contributed by atoms with Crippen LogP contribution in [0.1, 0.15) is 42.1 Å². The van der Waals surface area contributed by atoms with Gasteiger partial charge >= 0.3 is 0 Å². The van der Waals surface area contributed by atoms with Gasteiger partial charge in [0.2, 0.25) is 0 Å². The van der Waals surface area contributed by atoms with Gasteiger partial charge < -0.3 is 14.4 Å². The second-order valence-corrected chi connectivity index (χ2v) is 10.8. The lowest BCUT2D eigenvalue weighted by molar-refractivity contribution is -0.0712. The van der Waals surface area contributed by atoms with Crippen molar-refractivity contribution in [3.8, 4) is 5.82 Å². The SMILES string of the molecule is Cc1nc(N2CC3CCOC3C2)cc(-n2ncc3cc(C)c(C4CCN(C5COC5)CC4)cc32)n1. The largest absolute Gasteiger partial charge is 0.378 e. The number of benzene rings is 1. The summed E-state index contributed by atoms with van der Waals surface area (Å²) in [5.41, 5.74) is 3.95. The number of hydrogen-bond donors (Lipinski definition) is 0. The zero-order chi connectivity index (χ0) is 23.5. The molecular weight excluding hydrogens is 440 g/mol. The van der Waals surface area contributed by atoms with Gasteiger partial charge in [0.25, 0.3) is 0 Å². The number of ether oxygens (including phenoxy) is 2. The summed E-state index contributed by atoms with van der Waals surface area (Å²) in [6.07, 6.45) is 5.86. The minimum absolute atomic E-state index is 0.341. The van der Waals surface area contributed by atoms with Crippen LogP contribution in [0.15, 0.2) is 24.4 Å². The van der Waals surface area contributed by atoms with Crippen molar-refractivity contribution in [3.63, 3.8) is 0 Å². The minimum atomic E-state index is 0.341. The van der Waals surface area contributed by atoms with Gasteiger partial charge in [0.15, 0.2) is 5.82 Å². The number of rotatable bonds is 4. The van der Waals surface area contributed by atoms with E-state index < -0.39 is 0 Å². The molecule has 7 rings (SSSR count). The van der Waals surface area contributed by atoms with E-state index in [1.165, 1.54) is 24.0 Å². The monoisotopic (exact) mass is 474 g/mol. The van der Waals surface area contributed by atoms with Gasteiger partial charge in [-0.2, -0.15) is 5.10 Å². The summed E-state index contributed by atoms with van der Waals surface area (Å²) >= 11 is 0. The van der Waals surface area contributed by atoms with Crippen LogP contribution in [-0.2, 0) is 9.47 Å². The van der Waals surface area contributed by atoms with Crippen molar-refractivity contribution in [2.24, 2.45) is 5.92 Å². The lowest BCUT2D eigenvalue weighted by Gasteiger charge is -2.41. The molecule has 2 atom stereocenters. The maximum atomic E-state index is 5.92. The standard InChI is InChI=1S/C27H34N6O2/c1-17-9-21-12-28-33(24(21)10-23(17)19-3-6-31(7-4-19)22-15-34-16-22)27-11-26(29-18(2)30-27)32-13-20-5-8-35-25(20)14-32/h9-12,19-20,22,25H,3-8,13-16H2,1-2H3. The maximum Gasteiger partial charge on any atom is 0.159 e. The molecule has 35 heavy (non-hydrogen) atoms. The molecule has 2 aromatic heterocycles. The molecule has 184 valence electrons. The molecule has 4 saturated heterocycles. The van der Waals surface area contributed by atoms with Gasteiger partial charge in [-0.25, -0.2) is 14.6 Å². The van der Waals surface area contributed by atoms with Crippen molar-refractivity contribution in [2.45, 2.75) is 51.2 Å². The quantitative estimate of drug-likeness (QED) is 0.575. The number of nitrogens with zero attached hydrogens (tertiary/aromatic N) is 6. The van der Waals surface area contributed by atoms with Crippen molar-refractivity contribution in [1.29, 1.82) is 0 Å². The molecule has 8 nitrogen and oxygen atoms in total. The van der Waals surface area contributed by atoms with Crippen LogP contribution in [0.2, 0.25) is 0 Å². The summed E-state index contributed by atoms with van der Waals surface area (Å²) in [4.78, 5) is 14.5. The van der Waals surface area contributed by atoms with Crippen LogP contribution in [0.4, 0.5) is 5.82 Å². The van der Waals surface area contributed by atoms with Crippen LogP contribution in [0.5, 0.6) is 0 Å². The van der Waals surface area contributed by atoms with Crippen LogP contribution < -0.4 is 4.90 Å². The molecule has 1 aromatic carbocycles. The summed E-state index contributed by atoms with van der Waals surface area (Å²) in [6, 6.07) is 7.40. The van der Waals surface area contributed by atoms with Gasteiger partial charge in [-0.15, -0.1) is 0 Å². The Bertz CT molecular complexity index is 1230. The van der Waals surface area contributed by atoms with Gasteiger partial charge in [-0.05, 0) is 75.4 Å². The van der Waals surface area contributed by atoms with E-state index in [0.29, 0.717) is 24.0 Å². The van der Waals surface area contributed by atoms with Crippen LogP contribution in [0.25, 0.3) is 16.7 Å². The van der Waals surface area contributed by atoms with Gasteiger partial charge in [0.05, 0.1) is 37.1 Å². The highest BCUT2D eigenvalue weighted by atomic mass is 16.5. The molecule has 3 aromatic rings. The number of fused-ring (bicyclic) bond motifs is 2. The molecule has 0 amide bonds. The normalized spacial score (nSPS) is 25.9. The van der Waals surface area contributed by atoms with E-state index >= 15 is 0 Å². The Morgan fingerprint density at radius 1 is 0.943 bits per heavy atom. The van der Waals surface area contributed by atoms with Crippen LogP contribution in [-0.4, -0.2) is 82.8 Å². The fourth-order valence-corrected chi connectivity index (χ4v) is 6.51. The fourth-order valence-electron chi connectivity index (χ4n) is 6.51. The second-order valence-electron chi connectivity index (χ2n) is 10.8. The molecule has 2 unspecified atom stereocenters. The molecule has 0 spiro atoms. The Kier molecular flexibility index (Phi) is 5.29. The van der Waals surface area contributed by atoms with Crippen molar-refractivity contribution >= 4 is 16.7 Å². The first-order valence-corrected chi connectivity index (χ1v) is 13.1. The molecule has 0 saturated carbocycles. The molecule has 4 fully saturated rings. The molecule has 0 aliphatic carbocycles. The van der Waals surface area contributed by atoms with E-state index in [0.717, 1.165) is 80.8 Å². The molecule has 0 bridgehead atoms. The number of piperidine rings is 1. The summed E-state index contributed by atoms with van der Waals surface area (Å²) < 4.78 is 13.3. The molecule has 0 N–H and O–H groups in total. The van der Waals surface area contributed by atoms with Crippen molar-refractivity contribution in [2.75, 3.05) is 50.9 Å². The molecule has 4 aliphatic rings. The van der Waals surface area contributed by atoms with Crippen molar-refractivity contribution in [1.82, 2.24) is 24.6 Å². The molecule has 8 heteroatoms. The van der Waals surface area contributed by atoms with Gasteiger partial charge in [0.1, 0.15) is 11.6 Å². The fraction of sp³-hybridized carbons (Fsp3) is 0.593. The topological polar surface area (TPSA) is 68.5 Å². The Morgan fingerprint density at radius 3 is 2.54 bits per heavy atom. The van der Waals surface area contributed by atoms with E-state index in [9.17, 15) is 0 Å². The molecule has 6 heterocycles. The number of aromatic nitrogens is 4. The van der Waals surface area contributed by atoms with Crippen LogP contribution in [0.3, 0.4) is 0 Å². The second kappa shape index (κ2) is 8.54. The van der Waals surface area contributed by atoms with Gasteiger partial charge in [0, 0.05) is 37.1 Å². The lowest BCUT2D eigenvalue weighted by atomic mass is 9.85. The molecule has 4 aliphatic heterocycles. The summed E-state index contributed by atoms with van der Waals surface area (Å²) in [5, 5.41) is 5.94. The average Bonchev–Trinajstić information content (AvgIpc) is 3.52. The number of anilines is 1. The Balaban J connectivity index is 1.19. The first kappa shape index (κ1) is 21.7. The summed E-state index contributed by atoms with van der Waals surface area (Å²) in [5.74, 6) is 3.81. The Labute approximate surface area is 206 Å². The van der Waals surface area contributed by atoms with E-state index in [1.54, 1.807) is 0 Å². The smallest absolute Gasteiger partial charge is 0.159 e. The Hall–Kier alpha value is -2.55. The highest BCUT2D eigenvalue weighted by Crippen LogP contribution is 2.35. The lowest BCUT2D eigenvalue weighted by Crippen LogP contribution is -2.51. The number of likely N-dealkylation sites (tertiary alicyclic amines) is 1. The average molecular weight is 475 g/mol.